The van der Waals surface area contributed by atoms with Gasteiger partial charge < -0.3 is 15.1 Å². The molecule has 0 aliphatic heterocycles. The zero-order valence-corrected chi connectivity index (χ0v) is 15.2. The third-order valence-electron chi connectivity index (χ3n) is 4.14. The van der Waals surface area contributed by atoms with Crippen molar-refractivity contribution < 1.29 is 14.0 Å². The number of nitriles is 1. The van der Waals surface area contributed by atoms with Gasteiger partial charge in [-0.05, 0) is 43.7 Å². The number of furan rings is 1. The molecule has 27 heavy (non-hydrogen) atoms. The Morgan fingerprint density at radius 2 is 1.70 bits per heavy atom. The second-order valence-electron chi connectivity index (χ2n) is 6.03. The first-order valence-corrected chi connectivity index (χ1v) is 8.27. The van der Waals surface area contributed by atoms with E-state index in [1.165, 1.54) is 6.92 Å². The molecule has 0 bridgehead atoms. The minimum absolute atomic E-state index is 0.164. The normalized spacial score (nSPS) is 10.3. The molecule has 2 amide bonds. The summed E-state index contributed by atoms with van der Waals surface area (Å²) in [6.07, 6.45) is 3.48. The van der Waals surface area contributed by atoms with Gasteiger partial charge in [0.15, 0.2) is 0 Å². The lowest BCUT2D eigenvalue weighted by Gasteiger charge is -2.12. The smallest absolute Gasteiger partial charge is 0.260 e. The van der Waals surface area contributed by atoms with Crippen LogP contribution in [0.4, 0.5) is 11.4 Å². The predicted octanol–water partition coefficient (Wildman–Crippen LogP) is 3.77. The molecule has 2 N–H and O–H groups in total. The maximum atomic E-state index is 12.9. The molecule has 0 aliphatic rings. The topological polar surface area (TPSA) is 100 Å². The summed E-state index contributed by atoms with van der Waals surface area (Å²) in [5, 5.41) is 15.1. The van der Waals surface area contributed by atoms with E-state index in [4.69, 9.17) is 4.42 Å². The van der Waals surface area contributed by atoms with Crippen LogP contribution in [0.1, 0.15) is 34.2 Å². The fraction of sp³-hybridized carbons (Fsp3) is 0.150. The van der Waals surface area contributed by atoms with Crippen molar-refractivity contribution in [3.05, 3.63) is 65.2 Å². The molecule has 3 rings (SSSR count). The van der Waals surface area contributed by atoms with Crippen LogP contribution in [0.5, 0.6) is 0 Å². The lowest BCUT2D eigenvalue weighted by atomic mass is 10.1. The van der Waals surface area contributed by atoms with Gasteiger partial charge in [-0.3, -0.25) is 14.2 Å². The molecule has 3 aromatic rings. The van der Waals surface area contributed by atoms with Crippen LogP contribution in [0.25, 0.3) is 5.88 Å². The zero-order valence-electron chi connectivity index (χ0n) is 15.2. The van der Waals surface area contributed by atoms with Gasteiger partial charge in [0.05, 0.1) is 0 Å². The lowest BCUT2D eigenvalue weighted by Crippen LogP contribution is -2.16. The van der Waals surface area contributed by atoms with Crippen molar-refractivity contribution in [2.75, 3.05) is 10.6 Å². The Morgan fingerprint density at radius 3 is 2.30 bits per heavy atom. The molecule has 0 aliphatic carbocycles. The maximum absolute atomic E-state index is 12.9. The number of anilines is 2. The van der Waals surface area contributed by atoms with E-state index in [1.807, 2.05) is 0 Å². The van der Waals surface area contributed by atoms with E-state index < -0.39 is 5.91 Å². The number of benzene rings is 1. The number of amides is 2. The molecule has 0 saturated carbocycles. The summed E-state index contributed by atoms with van der Waals surface area (Å²) in [6, 6.07) is 10.9. The van der Waals surface area contributed by atoms with Crippen molar-refractivity contribution in [2.45, 2.75) is 20.8 Å². The van der Waals surface area contributed by atoms with Crippen LogP contribution < -0.4 is 10.6 Å². The summed E-state index contributed by atoms with van der Waals surface area (Å²) >= 11 is 0. The van der Waals surface area contributed by atoms with Gasteiger partial charge in [-0.15, -0.1) is 0 Å². The SMILES string of the molecule is CC(=O)Nc1cccc(NC(=O)c2c(C)oc(-n3cccc3)c2C#N)c1C. The Hall–Kier alpha value is -3.79. The van der Waals surface area contributed by atoms with Crippen LogP contribution in [0.3, 0.4) is 0 Å². The van der Waals surface area contributed by atoms with E-state index in [9.17, 15) is 14.9 Å². The molecule has 136 valence electrons. The van der Waals surface area contributed by atoms with Gasteiger partial charge >= 0.3 is 0 Å². The average Bonchev–Trinajstić information content (AvgIpc) is 3.25. The second-order valence-corrected chi connectivity index (χ2v) is 6.03. The Morgan fingerprint density at radius 1 is 1.07 bits per heavy atom. The standard InChI is InChI=1S/C20H18N4O3/c1-12-16(22-14(3)25)7-6-8-17(12)23-19(26)18-13(2)27-20(15(18)11-21)24-9-4-5-10-24/h4-10H,1-3H3,(H,22,25)(H,23,26). The highest BCUT2D eigenvalue weighted by molar-refractivity contribution is 6.08. The zero-order chi connectivity index (χ0) is 19.6. The van der Waals surface area contributed by atoms with E-state index >= 15 is 0 Å². The molecule has 0 unspecified atom stereocenters. The van der Waals surface area contributed by atoms with Crippen molar-refractivity contribution in [3.63, 3.8) is 0 Å². The Bertz CT molecular complexity index is 1060. The van der Waals surface area contributed by atoms with Crippen molar-refractivity contribution in [1.29, 1.82) is 5.26 Å². The molecule has 0 saturated heterocycles. The molecule has 0 fully saturated rings. The summed E-state index contributed by atoms with van der Waals surface area (Å²) < 4.78 is 7.31. The number of rotatable bonds is 4. The largest absolute Gasteiger partial charge is 0.443 e. The highest BCUT2D eigenvalue weighted by Gasteiger charge is 2.25. The number of hydrogen-bond acceptors (Lipinski definition) is 4. The molecule has 2 heterocycles. The van der Waals surface area contributed by atoms with Gasteiger partial charge in [-0.1, -0.05) is 6.07 Å². The minimum Gasteiger partial charge on any atom is -0.443 e. The fourth-order valence-electron chi connectivity index (χ4n) is 2.84. The number of carbonyl (C=O) groups excluding carboxylic acids is 2. The van der Waals surface area contributed by atoms with Crippen LogP contribution in [-0.4, -0.2) is 16.4 Å². The third-order valence-corrected chi connectivity index (χ3v) is 4.14. The van der Waals surface area contributed by atoms with Crippen LogP contribution in [0.2, 0.25) is 0 Å². The van der Waals surface area contributed by atoms with Crippen molar-refractivity contribution in [3.8, 4) is 12.0 Å². The number of hydrogen-bond donors (Lipinski definition) is 2. The maximum Gasteiger partial charge on any atom is 0.260 e. The molecule has 7 nitrogen and oxygen atoms in total. The molecular weight excluding hydrogens is 344 g/mol. The number of nitrogens with zero attached hydrogens (tertiary/aromatic N) is 2. The molecule has 1 aromatic carbocycles. The Labute approximate surface area is 156 Å². The van der Waals surface area contributed by atoms with Crippen LogP contribution >= 0.6 is 0 Å². The summed E-state index contributed by atoms with van der Waals surface area (Å²) in [5.74, 6) is 0.00181. The number of aromatic nitrogens is 1. The quantitative estimate of drug-likeness (QED) is 0.738. The lowest BCUT2D eigenvalue weighted by molar-refractivity contribution is -0.114. The molecule has 7 heteroatoms. The van der Waals surface area contributed by atoms with Crippen molar-refractivity contribution in [1.82, 2.24) is 4.57 Å². The first kappa shape index (κ1) is 18.0. The summed E-state index contributed by atoms with van der Waals surface area (Å²) in [6.45, 7) is 4.85. The minimum atomic E-state index is -0.450. The third kappa shape index (κ3) is 3.46. The Balaban J connectivity index is 1.97. The van der Waals surface area contributed by atoms with E-state index in [-0.39, 0.29) is 17.0 Å². The molecule has 2 aromatic heterocycles. The van der Waals surface area contributed by atoms with Crippen molar-refractivity contribution in [2.24, 2.45) is 0 Å². The van der Waals surface area contributed by atoms with E-state index in [0.717, 1.165) is 0 Å². The van der Waals surface area contributed by atoms with E-state index in [2.05, 4.69) is 16.7 Å². The van der Waals surface area contributed by atoms with Gasteiger partial charge in [-0.2, -0.15) is 5.26 Å². The van der Waals surface area contributed by atoms with Gasteiger partial charge in [-0.25, -0.2) is 0 Å². The highest BCUT2D eigenvalue weighted by atomic mass is 16.4. The molecular formula is C20H18N4O3. The van der Waals surface area contributed by atoms with Crippen LogP contribution in [0.15, 0.2) is 47.1 Å². The summed E-state index contributed by atoms with van der Waals surface area (Å²) in [7, 11) is 0. The number of aryl methyl sites for hydroxylation is 1. The van der Waals surface area contributed by atoms with Gasteiger partial charge in [0.25, 0.3) is 5.91 Å². The van der Waals surface area contributed by atoms with E-state index in [1.54, 1.807) is 61.1 Å². The van der Waals surface area contributed by atoms with Crippen LogP contribution in [-0.2, 0) is 4.79 Å². The summed E-state index contributed by atoms with van der Waals surface area (Å²) in [5.41, 5.74) is 2.21. The number of carbonyl (C=O) groups is 2. The van der Waals surface area contributed by atoms with Gasteiger partial charge in [0, 0.05) is 30.7 Å². The predicted molar refractivity (Wildman–Crippen MR) is 101 cm³/mol. The van der Waals surface area contributed by atoms with Crippen LogP contribution in [0, 0.1) is 25.2 Å². The highest BCUT2D eigenvalue weighted by Crippen LogP contribution is 2.28. The van der Waals surface area contributed by atoms with Crippen molar-refractivity contribution >= 4 is 23.2 Å². The van der Waals surface area contributed by atoms with Gasteiger partial charge in [0.2, 0.25) is 11.8 Å². The van der Waals surface area contributed by atoms with E-state index in [0.29, 0.717) is 28.6 Å². The molecule has 0 spiro atoms. The first-order chi connectivity index (χ1) is 12.9. The monoisotopic (exact) mass is 362 g/mol. The second kappa shape index (κ2) is 7.22. The first-order valence-electron chi connectivity index (χ1n) is 8.27. The van der Waals surface area contributed by atoms with Gasteiger partial charge in [0.1, 0.15) is 23.0 Å². The molecule has 0 radical (unpaired) electrons. The fourth-order valence-corrected chi connectivity index (χ4v) is 2.84. The number of nitrogens with one attached hydrogen (secondary N) is 2. The Kier molecular flexibility index (Phi) is 4.81. The molecule has 0 atom stereocenters. The summed E-state index contributed by atoms with van der Waals surface area (Å²) in [4.78, 5) is 24.2. The average molecular weight is 362 g/mol.